The van der Waals surface area contributed by atoms with E-state index in [2.05, 4.69) is 0 Å². The summed E-state index contributed by atoms with van der Waals surface area (Å²) in [5.41, 5.74) is 0. The van der Waals surface area contributed by atoms with Crippen LogP contribution in [0.2, 0.25) is 6.82 Å². The normalized spacial score (nSPS) is 45.5. The molecule has 0 aromatic carbocycles. The first kappa shape index (κ1) is 9.00. The molecule has 0 amide bonds. The molecule has 0 radical (unpaired) electrons. The van der Waals surface area contributed by atoms with E-state index in [4.69, 9.17) is 14.9 Å². The second-order valence-corrected chi connectivity index (χ2v) is 2.83. The molecule has 4 unspecified atom stereocenters. The molecule has 0 aromatic rings. The molecular weight excluding hydrogens is 147 g/mol. The summed E-state index contributed by atoms with van der Waals surface area (Å²) in [5, 5.41) is 27.5. The lowest BCUT2D eigenvalue weighted by atomic mass is 9.69. The average Bonchev–Trinajstić information content (AvgIpc) is 2.01. The zero-order chi connectivity index (χ0) is 8.43. The summed E-state index contributed by atoms with van der Waals surface area (Å²) in [7, 11) is 0.644. The second-order valence-electron chi connectivity index (χ2n) is 2.83. The number of rotatable bonds is 1. The van der Waals surface area contributed by atoms with Gasteiger partial charge in [0, 0.05) is 0 Å². The maximum Gasteiger partial charge on any atom is 0.158 e. The first-order chi connectivity index (χ1) is 5.16. The predicted molar refractivity (Wildman–Crippen MR) is 40.8 cm³/mol. The highest BCUT2D eigenvalue weighted by Crippen LogP contribution is 2.14. The summed E-state index contributed by atoms with van der Waals surface area (Å²) in [6.45, 7) is 1.97. The highest BCUT2D eigenvalue weighted by atomic mass is 16.5. The van der Waals surface area contributed by atoms with Crippen LogP contribution in [0.25, 0.3) is 0 Å². The highest BCUT2D eigenvalue weighted by Gasteiger charge is 2.36. The molecule has 1 aliphatic rings. The van der Waals surface area contributed by atoms with Gasteiger partial charge in [-0.05, 0) is 0 Å². The minimum absolute atomic E-state index is 0.108. The third-order valence-corrected chi connectivity index (χ3v) is 2.01. The number of aliphatic hydroxyl groups excluding tert-OH is 3. The quantitative estimate of drug-likeness (QED) is 0.384. The van der Waals surface area contributed by atoms with Crippen molar-refractivity contribution in [2.75, 3.05) is 6.61 Å². The largest absolute Gasteiger partial charge is 0.388 e. The SMILES string of the molecule is CBC1OCC(O)C(O)C1O. The molecule has 1 saturated heterocycles. The maximum atomic E-state index is 9.27. The molecule has 1 rings (SSSR count). The first-order valence-corrected chi connectivity index (χ1v) is 3.82. The van der Waals surface area contributed by atoms with E-state index in [0.29, 0.717) is 7.28 Å². The van der Waals surface area contributed by atoms with Crippen molar-refractivity contribution < 1.29 is 20.1 Å². The monoisotopic (exact) mass is 160 g/mol. The van der Waals surface area contributed by atoms with Gasteiger partial charge in [-0.3, -0.25) is 0 Å². The molecule has 64 valence electrons. The fourth-order valence-corrected chi connectivity index (χ4v) is 1.23. The molecule has 5 heteroatoms. The molecule has 0 bridgehead atoms. The molecule has 1 heterocycles. The van der Waals surface area contributed by atoms with Gasteiger partial charge in [0.25, 0.3) is 0 Å². The third kappa shape index (κ3) is 1.73. The smallest absolute Gasteiger partial charge is 0.158 e. The summed E-state index contributed by atoms with van der Waals surface area (Å²) in [6.07, 6.45) is -2.97. The van der Waals surface area contributed by atoms with Gasteiger partial charge in [0.05, 0.1) is 12.6 Å². The van der Waals surface area contributed by atoms with Crippen LogP contribution in [0.1, 0.15) is 0 Å². The van der Waals surface area contributed by atoms with Crippen molar-refractivity contribution in [3.63, 3.8) is 0 Å². The summed E-state index contributed by atoms with van der Waals surface area (Å²) >= 11 is 0. The molecule has 0 aliphatic carbocycles. The van der Waals surface area contributed by atoms with Gasteiger partial charge in [-0.25, -0.2) is 0 Å². The van der Waals surface area contributed by atoms with Crippen molar-refractivity contribution in [3.05, 3.63) is 0 Å². The molecule has 11 heavy (non-hydrogen) atoms. The van der Waals surface area contributed by atoms with Crippen LogP contribution in [-0.2, 0) is 4.74 Å². The van der Waals surface area contributed by atoms with Crippen molar-refractivity contribution >= 4 is 7.28 Å². The second kappa shape index (κ2) is 3.54. The average molecular weight is 160 g/mol. The van der Waals surface area contributed by atoms with Crippen LogP contribution in [-0.4, -0.2) is 53.5 Å². The van der Waals surface area contributed by atoms with E-state index in [1.165, 1.54) is 0 Å². The molecule has 1 aliphatic heterocycles. The number of hydrogen-bond acceptors (Lipinski definition) is 4. The summed E-state index contributed by atoms with van der Waals surface area (Å²) in [6, 6.07) is -0.339. The lowest BCUT2D eigenvalue weighted by molar-refractivity contribution is -0.164. The molecule has 4 atom stereocenters. The Hall–Kier alpha value is -0.0951. The molecule has 1 fully saturated rings. The Morgan fingerprint density at radius 2 is 1.91 bits per heavy atom. The van der Waals surface area contributed by atoms with Crippen molar-refractivity contribution in [1.29, 1.82) is 0 Å². The summed E-state index contributed by atoms with van der Waals surface area (Å²) in [5.74, 6) is 0. The number of aliphatic hydroxyl groups is 3. The van der Waals surface area contributed by atoms with E-state index in [-0.39, 0.29) is 12.6 Å². The van der Waals surface area contributed by atoms with Crippen LogP contribution in [0, 0.1) is 0 Å². The zero-order valence-electron chi connectivity index (χ0n) is 6.47. The van der Waals surface area contributed by atoms with Crippen LogP contribution in [0.4, 0.5) is 0 Å². The van der Waals surface area contributed by atoms with Crippen molar-refractivity contribution in [2.24, 2.45) is 0 Å². The molecule has 3 N–H and O–H groups in total. The summed E-state index contributed by atoms with van der Waals surface area (Å²) in [4.78, 5) is 0. The van der Waals surface area contributed by atoms with E-state index >= 15 is 0 Å². The predicted octanol–water partition coefficient (Wildman–Crippen LogP) is -2.09. The van der Waals surface area contributed by atoms with E-state index in [0.717, 1.165) is 0 Å². The van der Waals surface area contributed by atoms with Gasteiger partial charge in [-0.2, -0.15) is 0 Å². The Balaban J connectivity index is 2.52. The number of hydrogen-bond donors (Lipinski definition) is 3. The Bertz CT molecular complexity index is 130. The Morgan fingerprint density at radius 1 is 1.27 bits per heavy atom. The number of ether oxygens (including phenoxy) is 1. The summed E-state index contributed by atoms with van der Waals surface area (Å²) < 4.78 is 5.06. The molecule has 4 nitrogen and oxygen atoms in total. The topological polar surface area (TPSA) is 69.9 Å². The first-order valence-electron chi connectivity index (χ1n) is 3.82. The Kier molecular flexibility index (Phi) is 2.89. The van der Waals surface area contributed by atoms with E-state index in [1.807, 2.05) is 6.82 Å². The Labute approximate surface area is 66.0 Å². The maximum absolute atomic E-state index is 9.27. The Morgan fingerprint density at radius 3 is 2.45 bits per heavy atom. The van der Waals surface area contributed by atoms with Crippen LogP contribution in [0.3, 0.4) is 0 Å². The molecule has 0 spiro atoms. The minimum Gasteiger partial charge on any atom is -0.388 e. The van der Waals surface area contributed by atoms with Crippen LogP contribution < -0.4 is 0 Å². The molecule has 0 aromatic heterocycles. The highest BCUT2D eigenvalue weighted by molar-refractivity contribution is 6.35. The van der Waals surface area contributed by atoms with Crippen LogP contribution in [0.5, 0.6) is 0 Å². The van der Waals surface area contributed by atoms with E-state index in [1.54, 1.807) is 0 Å². The van der Waals surface area contributed by atoms with Gasteiger partial charge in [0.15, 0.2) is 7.28 Å². The van der Waals surface area contributed by atoms with Gasteiger partial charge in [0.2, 0.25) is 0 Å². The van der Waals surface area contributed by atoms with Crippen LogP contribution >= 0.6 is 0 Å². The van der Waals surface area contributed by atoms with Gasteiger partial charge >= 0.3 is 0 Å². The van der Waals surface area contributed by atoms with E-state index < -0.39 is 18.3 Å². The van der Waals surface area contributed by atoms with Crippen molar-refractivity contribution in [3.8, 4) is 0 Å². The molecule has 0 saturated carbocycles. The lowest BCUT2D eigenvalue weighted by Crippen LogP contribution is -2.54. The van der Waals surface area contributed by atoms with Gasteiger partial charge < -0.3 is 20.1 Å². The minimum atomic E-state index is -1.06. The van der Waals surface area contributed by atoms with E-state index in [9.17, 15) is 5.11 Å². The fraction of sp³-hybridized carbons (Fsp3) is 1.00. The standard InChI is InChI=1S/C6H13BO4/c1-7-6-5(10)4(9)3(8)2-11-6/h3-10H,2H2,1H3. The third-order valence-electron chi connectivity index (χ3n) is 2.01. The fourth-order valence-electron chi connectivity index (χ4n) is 1.23. The van der Waals surface area contributed by atoms with Gasteiger partial charge in [0.1, 0.15) is 18.3 Å². The van der Waals surface area contributed by atoms with Crippen molar-refractivity contribution in [2.45, 2.75) is 31.1 Å². The zero-order valence-corrected chi connectivity index (χ0v) is 6.47. The lowest BCUT2D eigenvalue weighted by Gasteiger charge is -2.34. The van der Waals surface area contributed by atoms with Gasteiger partial charge in [-0.1, -0.05) is 6.82 Å². The van der Waals surface area contributed by atoms with Crippen molar-refractivity contribution in [1.82, 2.24) is 0 Å². The molecular formula is C6H13BO4. The van der Waals surface area contributed by atoms with Crippen LogP contribution in [0.15, 0.2) is 0 Å². The van der Waals surface area contributed by atoms with Gasteiger partial charge in [-0.15, -0.1) is 0 Å².